The molecule has 2 atom stereocenters. The molecule has 2 unspecified atom stereocenters. The summed E-state index contributed by atoms with van der Waals surface area (Å²) in [5, 5.41) is 0. The van der Waals surface area contributed by atoms with Crippen molar-refractivity contribution < 1.29 is 37.3 Å². The van der Waals surface area contributed by atoms with Crippen LogP contribution < -0.4 is 4.89 Å². The highest BCUT2D eigenvalue weighted by Gasteiger charge is 2.20. The quantitative estimate of drug-likeness (QED) is 0.0197. The molecule has 0 aromatic carbocycles. The molecule has 0 aliphatic carbocycles. The van der Waals surface area contributed by atoms with E-state index in [1.165, 1.54) is 212 Å². The SMILES string of the molecule is CCCCCCCC/C=C\CCCCCCCCCCCCOCC(COP(=O)([O-])OCC[N+](C)(C)C)OC(=O)CCCCCCCCCCCCCCCCCCCCCC. The van der Waals surface area contributed by atoms with E-state index in [2.05, 4.69) is 26.0 Å². The Morgan fingerprint density at radius 1 is 0.484 bits per heavy atom. The van der Waals surface area contributed by atoms with Crippen LogP contribution in [0.1, 0.15) is 264 Å². The number of hydrogen-bond donors (Lipinski definition) is 0. The van der Waals surface area contributed by atoms with Gasteiger partial charge >= 0.3 is 5.97 Å². The zero-order valence-corrected chi connectivity index (χ0v) is 43.0. The molecule has 0 aliphatic rings. The van der Waals surface area contributed by atoms with Crippen LogP contribution in [0.15, 0.2) is 12.2 Å². The number of phosphoric acid groups is 1. The summed E-state index contributed by atoms with van der Waals surface area (Å²) in [5.74, 6) is -0.327. The summed E-state index contributed by atoms with van der Waals surface area (Å²) in [6.45, 7) is 5.47. The molecule has 0 saturated carbocycles. The Bertz CT molecular complexity index is 1000. The molecule has 0 heterocycles. The van der Waals surface area contributed by atoms with Crippen molar-refractivity contribution in [1.29, 1.82) is 0 Å². The summed E-state index contributed by atoms with van der Waals surface area (Å²) in [7, 11) is 1.37. The fourth-order valence-electron chi connectivity index (χ4n) is 7.90. The van der Waals surface area contributed by atoms with Gasteiger partial charge in [0, 0.05) is 13.0 Å². The standard InChI is InChI=1S/C53H106NO7P/c1-6-8-10-12-14-16-18-20-22-24-26-28-30-32-34-36-38-40-42-44-46-53(55)61-52(51-60-62(56,57)59-49-47-54(3,4)5)50-58-48-45-43-41-39-37-35-33-31-29-27-25-23-21-19-17-15-13-11-9-7-2/h21,23,52H,6-20,22,24-51H2,1-5H3/b23-21-. The Morgan fingerprint density at radius 2 is 0.839 bits per heavy atom. The minimum absolute atomic E-state index is 0.0297. The summed E-state index contributed by atoms with van der Waals surface area (Å²) in [6, 6.07) is 0. The van der Waals surface area contributed by atoms with E-state index in [1.54, 1.807) is 0 Å². The van der Waals surface area contributed by atoms with Crippen molar-refractivity contribution >= 4 is 13.8 Å². The second kappa shape index (κ2) is 46.8. The number of carbonyl (C=O) groups is 1. The van der Waals surface area contributed by atoms with Crippen LogP contribution >= 0.6 is 7.82 Å². The molecule has 0 N–H and O–H groups in total. The summed E-state index contributed by atoms with van der Waals surface area (Å²) in [6.07, 6.45) is 53.8. The Morgan fingerprint density at radius 3 is 1.23 bits per heavy atom. The third kappa shape index (κ3) is 50.2. The summed E-state index contributed by atoms with van der Waals surface area (Å²) in [5.41, 5.74) is 0. The number of nitrogens with zero attached hydrogens (tertiary/aromatic N) is 1. The third-order valence-electron chi connectivity index (χ3n) is 12.1. The average molecular weight is 900 g/mol. The van der Waals surface area contributed by atoms with Crippen LogP contribution in [0.5, 0.6) is 0 Å². The van der Waals surface area contributed by atoms with E-state index in [1.807, 2.05) is 21.1 Å². The molecule has 0 fully saturated rings. The first-order valence-electron chi connectivity index (χ1n) is 26.9. The fourth-order valence-corrected chi connectivity index (χ4v) is 8.63. The Hall–Kier alpha value is -0.760. The summed E-state index contributed by atoms with van der Waals surface area (Å²) >= 11 is 0. The largest absolute Gasteiger partial charge is 0.756 e. The lowest BCUT2D eigenvalue weighted by molar-refractivity contribution is -0.870. The van der Waals surface area contributed by atoms with E-state index in [0.29, 0.717) is 24.1 Å². The van der Waals surface area contributed by atoms with Gasteiger partial charge in [0.05, 0.1) is 34.4 Å². The van der Waals surface area contributed by atoms with E-state index < -0.39 is 13.9 Å². The zero-order chi connectivity index (χ0) is 45.5. The van der Waals surface area contributed by atoms with Crippen molar-refractivity contribution in [2.75, 3.05) is 54.1 Å². The van der Waals surface area contributed by atoms with Crippen molar-refractivity contribution in [1.82, 2.24) is 0 Å². The number of hydrogen-bond acceptors (Lipinski definition) is 7. The topological polar surface area (TPSA) is 94.1 Å². The van der Waals surface area contributed by atoms with Crippen molar-refractivity contribution in [3.8, 4) is 0 Å². The maximum absolute atomic E-state index is 12.8. The van der Waals surface area contributed by atoms with Crippen LogP contribution in [0.2, 0.25) is 0 Å². The van der Waals surface area contributed by atoms with Gasteiger partial charge in [0.1, 0.15) is 19.3 Å². The number of phosphoric ester groups is 1. The molecule has 0 bridgehead atoms. The number of esters is 1. The average Bonchev–Trinajstić information content (AvgIpc) is 3.23. The van der Waals surface area contributed by atoms with Crippen LogP contribution in [0.25, 0.3) is 0 Å². The lowest BCUT2D eigenvalue weighted by Crippen LogP contribution is -2.37. The highest BCUT2D eigenvalue weighted by Crippen LogP contribution is 2.38. The van der Waals surface area contributed by atoms with Gasteiger partial charge in [-0.05, 0) is 38.5 Å². The normalized spacial score (nSPS) is 13.6. The van der Waals surface area contributed by atoms with E-state index in [4.69, 9.17) is 18.5 Å². The highest BCUT2D eigenvalue weighted by molar-refractivity contribution is 7.45. The van der Waals surface area contributed by atoms with Gasteiger partial charge in [-0.3, -0.25) is 9.36 Å². The molecule has 0 rings (SSSR count). The third-order valence-corrected chi connectivity index (χ3v) is 13.0. The Labute approximate surface area is 386 Å². The molecule has 0 radical (unpaired) electrons. The monoisotopic (exact) mass is 900 g/mol. The number of likely N-dealkylation sites (N-methyl/N-ethyl adjacent to an activating group) is 1. The molecule has 8 nitrogen and oxygen atoms in total. The summed E-state index contributed by atoms with van der Waals surface area (Å²) < 4.78 is 34.8. The van der Waals surface area contributed by atoms with Gasteiger partial charge in [0.2, 0.25) is 0 Å². The molecule has 9 heteroatoms. The van der Waals surface area contributed by atoms with Crippen LogP contribution in [0, 0.1) is 0 Å². The maximum Gasteiger partial charge on any atom is 0.306 e. The second-order valence-electron chi connectivity index (χ2n) is 19.6. The highest BCUT2D eigenvalue weighted by atomic mass is 31.2. The maximum atomic E-state index is 12.8. The fraction of sp³-hybridized carbons (Fsp3) is 0.943. The number of carbonyl (C=O) groups excluding carboxylic acids is 1. The van der Waals surface area contributed by atoms with Gasteiger partial charge in [-0.15, -0.1) is 0 Å². The Balaban J connectivity index is 4.08. The van der Waals surface area contributed by atoms with E-state index in [-0.39, 0.29) is 25.8 Å². The lowest BCUT2D eigenvalue weighted by Gasteiger charge is -2.28. The number of allylic oxidation sites excluding steroid dienone is 2. The molecule has 0 saturated heterocycles. The molecule has 0 aromatic rings. The van der Waals surface area contributed by atoms with Gasteiger partial charge in [0.15, 0.2) is 0 Å². The molecule has 0 aromatic heterocycles. The minimum Gasteiger partial charge on any atom is -0.756 e. The van der Waals surface area contributed by atoms with Gasteiger partial charge < -0.3 is 27.9 Å². The second-order valence-corrected chi connectivity index (χ2v) is 21.0. The molecule has 0 spiro atoms. The van der Waals surface area contributed by atoms with Crippen molar-refractivity contribution in [2.45, 2.75) is 270 Å². The first kappa shape index (κ1) is 61.2. The van der Waals surface area contributed by atoms with Crippen molar-refractivity contribution in [2.24, 2.45) is 0 Å². The van der Waals surface area contributed by atoms with Gasteiger partial charge in [0.25, 0.3) is 7.82 Å². The van der Waals surface area contributed by atoms with Gasteiger partial charge in [-0.2, -0.15) is 0 Å². The van der Waals surface area contributed by atoms with Crippen molar-refractivity contribution in [3.05, 3.63) is 12.2 Å². The Kier molecular flexibility index (Phi) is 46.2. The first-order chi connectivity index (χ1) is 30.1. The van der Waals surface area contributed by atoms with Crippen LogP contribution in [0.4, 0.5) is 0 Å². The number of rotatable bonds is 51. The molecular formula is C53H106NO7P. The van der Waals surface area contributed by atoms with Crippen LogP contribution in [0.3, 0.4) is 0 Å². The predicted molar refractivity (Wildman–Crippen MR) is 264 cm³/mol. The van der Waals surface area contributed by atoms with E-state index in [0.717, 1.165) is 32.1 Å². The zero-order valence-electron chi connectivity index (χ0n) is 42.1. The lowest BCUT2D eigenvalue weighted by atomic mass is 10.0. The molecular weight excluding hydrogens is 794 g/mol. The van der Waals surface area contributed by atoms with E-state index >= 15 is 0 Å². The number of quaternary nitrogens is 1. The number of ether oxygens (including phenoxy) is 2. The number of unbranched alkanes of at least 4 members (excludes halogenated alkanes) is 35. The predicted octanol–water partition coefficient (Wildman–Crippen LogP) is 15.9. The van der Waals surface area contributed by atoms with Gasteiger partial charge in [-0.1, -0.05) is 231 Å². The van der Waals surface area contributed by atoms with Crippen molar-refractivity contribution in [3.63, 3.8) is 0 Å². The minimum atomic E-state index is -4.53. The smallest absolute Gasteiger partial charge is 0.306 e. The van der Waals surface area contributed by atoms with Gasteiger partial charge in [-0.25, -0.2) is 0 Å². The van der Waals surface area contributed by atoms with Crippen LogP contribution in [-0.4, -0.2) is 70.7 Å². The van der Waals surface area contributed by atoms with Crippen LogP contribution in [-0.2, 0) is 27.9 Å². The van der Waals surface area contributed by atoms with E-state index in [9.17, 15) is 14.3 Å². The molecule has 62 heavy (non-hydrogen) atoms. The first-order valence-corrected chi connectivity index (χ1v) is 28.4. The molecule has 0 aliphatic heterocycles. The molecule has 370 valence electrons. The summed E-state index contributed by atoms with van der Waals surface area (Å²) in [4.78, 5) is 25.2. The molecule has 0 amide bonds.